The molecule has 1 saturated carbocycles. The van der Waals surface area contributed by atoms with E-state index >= 15 is 0 Å². The molecule has 106 valence electrons. The second kappa shape index (κ2) is 5.58. The van der Waals surface area contributed by atoms with Crippen molar-refractivity contribution in [3.05, 3.63) is 23.3 Å². The smallest absolute Gasteiger partial charge is 0.131 e. The van der Waals surface area contributed by atoms with Crippen LogP contribution in [0.2, 0.25) is 0 Å². The summed E-state index contributed by atoms with van der Waals surface area (Å²) in [6, 6.07) is 2.23. The fraction of sp³-hybridized carbons (Fsp3) is 0.750. The van der Waals surface area contributed by atoms with Gasteiger partial charge in [-0.3, -0.25) is 0 Å². The molecule has 1 atom stereocenters. The zero-order chi connectivity index (χ0) is 14.0. The maximum Gasteiger partial charge on any atom is 0.131 e. The zero-order valence-electron chi connectivity index (χ0n) is 12.7. The first kappa shape index (κ1) is 14.4. The molecule has 1 heterocycles. The predicted octanol–water partition coefficient (Wildman–Crippen LogP) is 3.36. The highest BCUT2D eigenvalue weighted by Crippen LogP contribution is 2.41. The summed E-state index contributed by atoms with van der Waals surface area (Å²) >= 11 is 0. The third-order valence-corrected chi connectivity index (χ3v) is 4.16. The molecular weight excluding hydrogens is 234 g/mol. The average Bonchev–Trinajstić information content (AvgIpc) is 2.26. The highest BCUT2D eigenvalue weighted by atomic mass is 14.9. The minimum atomic E-state index is 0.160. The Kier molecular flexibility index (Phi) is 4.24. The van der Waals surface area contributed by atoms with Gasteiger partial charge in [0.15, 0.2) is 0 Å². The lowest BCUT2D eigenvalue weighted by molar-refractivity contribution is 0.220. The molecule has 1 aromatic heterocycles. The molecule has 19 heavy (non-hydrogen) atoms. The maximum atomic E-state index is 5.88. The average molecular weight is 261 g/mol. The minimum absolute atomic E-state index is 0.160. The molecule has 3 nitrogen and oxygen atoms in total. The van der Waals surface area contributed by atoms with Crippen LogP contribution in [-0.2, 0) is 6.42 Å². The van der Waals surface area contributed by atoms with Crippen molar-refractivity contribution < 1.29 is 0 Å². The van der Waals surface area contributed by atoms with Gasteiger partial charge >= 0.3 is 0 Å². The molecule has 1 aliphatic rings. The molecule has 1 fully saturated rings. The van der Waals surface area contributed by atoms with E-state index in [9.17, 15) is 0 Å². The third-order valence-electron chi connectivity index (χ3n) is 4.16. The number of nitrogens with zero attached hydrogens (tertiary/aromatic N) is 2. The first-order valence-electron chi connectivity index (χ1n) is 7.46. The van der Waals surface area contributed by atoms with E-state index in [0.29, 0.717) is 11.3 Å². The van der Waals surface area contributed by atoms with Gasteiger partial charge in [0.2, 0.25) is 0 Å². The van der Waals surface area contributed by atoms with Gasteiger partial charge in [0.05, 0.1) is 0 Å². The molecule has 0 aliphatic heterocycles. The van der Waals surface area contributed by atoms with Gasteiger partial charge in [-0.25, -0.2) is 9.97 Å². The number of nitrogens with two attached hydrogens (primary N) is 1. The quantitative estimate of drug-likeness (QED) is 0.907. The Balaban J connectivity index is 2.14. The van der Waals surface area contributed by atoms with Crippen molar-refractivity contribution in [2.75, 3.05) is 0 Å². The largest absolute Gasteiger partial charge is 0.328 e. The van der Waals surface area contributed by atoms with Crippen molar-refractivity contribution in [3.63, 3.8) is 0 Å². The molecule has 0 radical (unpaired) electrons. The summed E-state index contributed by atoms with van der Waals surface area (Å²) in [7, 11) is 0. The van der Waals surface area contributed by atoms with Crippen LogP contribution >= 0.6 is 0 Å². The third kappa shape index (κ3) is 4.00. The van der Waals surface area contributed by atoms with E-state index in [2.05, 4.69) is 31.8 Å². The van der Waals surface area contributed by atoms with Gasteiger partial charge in [0.1, 0.15) is 5.82 Å². The number of rotatable bonds is 3. The van der Waals surface area contributed by atoms with Crippen LogP contribution in [0, 0.1) is 12.3 Å². The Labute approximate surface area is 117 Å². The van der Waals surface area contributed by atoms with Crippen molar-refractivity contribution >= 4 is 0 Å². The van der Waals surface area contributed by atoms with Crippen LogP contribution < -0.4 is 5.73 Å². The molecule has 3 heteroatoms. The van der Waals surface area contributed by atoms with Crippen LogP contribution in [-0.4, -0.2) is 16.0 Å². The van der Waals surface area contributed by atoms with Gasteiger partial charge in [-0.15, -0.1) is 0 Å². The van der Waals surface area contributed by atoms with Gasteiger partial charge in [-0.1, -0.05) is 13.8 Å². The van der Waals surface area contributed by atoms with E-state index in [1.54, 1.807) is 0 Å². The number of hydrogen-bond donors (Lipinski definition) is 1. The minimum Gasteiger partial charge on any atom is -0.328 e. The van der Waals surface area contributed by atoms with Crippen LogP contribution in [0.1, 0.15) is 69.6 Å². The normalized spacial score (nSPS) is 21.3. The van der Waals surface area contributed by atoms with Crippen LogP contribution in [0.3, 0.4) is 0 Å². The molecule has 0 saturated heterocycles. The van der Waals surface area contributed by atoms with Gasteiger partial charge in [0.25, 0.3) is 0 Å². The van der Waals surface area contributed by atoms with E-state index < -0.39 is 0 Å². The SMILES string of the molecule is Cc1cc(CC(C)N)nc(C2CCC(C)(C)CC2)n1. The summed E-state index contributed by atoms with van der Waals surface area (Å²) in [6.45, 7) is 8.81. The molecule has 0 aromatic carbocycles. The fourth-order valence-electron chi connectivity index (χ4n) is 2.93. The van der Waals surface area contributed by atoms with Crippen LogP contribution in [0.25, 0.3) is 0 Å². The summed E-state index contributed by atoms with van der Waals surface area (Å²) in [5.41, 5.74) is 8.55. The first-order chi connectivity index (χ1) is 8.85. The highest BCUT2D eigenvalue weighted by molar-refractivity contribution is 5.14. The molecular formula is C16H27N3. The van der Waals surface area contributed by atoms with Crippen LogP contribution in [0.5, 0.6) is 0 Å². The zero-order valence-corrected chi connectivity index (χ0v) is 12.7. The molecule has 1 aliphatic carbocycles. The Morgan fingerprint density at radius 3 is 2.53 bits per heavy atom. The lowest BCUT2D eigenvalue weighted by Crippen LogP contribution is -2.23. The van der Waals surface area contributed by atoms with Gasteiger partial charge in [-0.2, -0.15) is 0 Å². The molecule has 1 unspecified atom stereocenters. The van der Waals surface area contributed by atoms with E-state index in [1.165, 1.54) is 25.7 Å². The van der Waals surface area contributed by atoms with Gasteiger partial charge < -0.3 is 5.73 Å². The molecule has 0 bridgehead atoms. The highest BCUT2D eigenvalue weighted by Gasteiger charge is 2.29. The van der Waals surface area contributed by atoms with Crippen molar-refractivity contribution in [1.29, 1.82) is 0 Å². The summed E-state index contributed by atoms with van der Waals surface area (Å²) < 4.78 is 0. The first-order valence-corrected chi connectivity index (χ1v) is 7.46. The maximum absolute atomic E-state index is 5.88. The predicted molar refractivity (Wildman–Crippen MR) is 79.1 cm³/mol. The summed E-state index contributed by atoms with van der Waals surface area (Å²) in [6.07, 6.45) is 5.83. The van der Waals surface area contributed by atoms with Crippen molar-refractivity contribution in [3.8, 4) is 0 Å². The van der Waals surface area contributed by atoms with Crippen LogP contribution in [0.4, 0.5) is 0 Å². The standard InChI is InChI=1S/C16H27N3/c1-11(17)9-14-10-12(2)18-15(19-14)13-5-7-16(3,4)8-6-13/h10-11,13H,5-9,17H2,1-4H3. The van der Waals surface area contributed by atoms with Crippen LogP contribution in [0.15, 0.2) is 6.07 Å². The van der Waals surface area contributed by atoms with Crippen molar-refractivity contribution in [2.24, 2.45) is 11.1 Å². The van der Waals surface area contributed by atoms with E-state index in [4.69, 9.17) is 10.7 Å². The molecule has 1 aromatic rings. The van der Waals surface area contributed by atoms with Gasteiger partial charge in [0, 0.05) is 29.8 Å². The lowest BCUT2D eigenvalue weighted by atomic mass is 9.73. The molecule has 2 N–H and O–H groups in total. The molecule has 0 amide bonds. The second-order valence-corrected chi connectivity index (χ2v) is 6.98. The monoisotopic (exact) mass is 261 g/mol. The summed E-state index contributed by atoms with van der Waals surface area (Å²) in [4.78, 5) is 9.41. The van der Waals surface area contributed by atoms with Crippen molar-refractivity contribution in [2.45, 2.75) is 71.8 Å². The molecule has 2 rings (SSSR count). The fourth-order valence-corrected chi connectivity index (χ4v) is 2.93. The number of hydrogen-bond acceptors (Lipinski definition) is 3. The Morgan fingerprint density at radius 2 is 1.95 bits per heavy atom. The number of aryl methyl sites for hydroxylation is 1. The van der Waals surface area contributed by atoms with Gasteiger partial charge in [-0.05, 0) is 51.0 Å². The lowest BCUT2D eigenvalue weighted by Gasteiger charge is -2.33. The topological polar surface area (TPSA) is 51.8 Å². The van der Waals surface area contributed by atoms with E-state index in [-0.39, 0.29) is 6.04 Å². The Bertz CT molecular complexity index is 428. The van der Waals surface area contributed by atoms with Crippen molar-refractivity contribution in [1.82, 2.24) is 9.97 Å². The van der Waals surface area contributed by atoms with E-state index in [0.717, 1.165) is 23.6 Å². The summed E-state index contributed by atoms with van der Waals surface area (Å²) in [5, 5.41) is 0. The Hall–Kier alpha value is -0.960. The second-order valence-electron chi connectivity index (χ2n) is 6.98. The summed E-state index contributed by atoms with van der Waals surface area (Å²) in [5.74, 6) is 1.59. The molecule has 0 spiro atoms. The Morgan fingerprint density at radius 1 is 1.32 bits per heavy atom. The van der Waals surface area contributed by atoms with E-state index in [1.807, 2.05) is 6.92 Å². The number of aromatic nitrogens is 2.